The van der Waals surface area contributed by atoms with E-state index in [0.29, 0.717) is 25.6 Å². The summed E-state index contributed by atoms with van der Waals surface area (Å²) in [6, 6.07) is 4.10. The van der Waals surface area contributed by atoms with Gasteiger partial charge in [0.25, 0.3) is 0 Å². The van der Waals surface area contributed by atoms with E-state index in [2.05, 4.69) is 15.3 Å². The maximum atomic E-state index is 12.2. The second-order valence-corrected chi connectivity index (χ2v) is 11.0. The number of aromatic nitrogens is 4. The fraction of sp³-hybridized carbons (Fsp3) is 0.391. The summed E-state index contributed by atoms with van der Waals surface area (Å²) in [5.41, 5.74) is -0.388. The summed E-state index contributed by atoms with van der Waals surface area (Å²) in [5, 5.41) is 11.6. The first-order valence-corrected chi connectivity index (χ1v) is 13.7. The quantitative estimate of drug-likeness (QED) is 0.272. The number of carbonyl (C=O) groups is 3. The highest BCUT2D eigenvalue weighted by Gasteiger charge is 2.52. The molecular weight excluding hydrogens is 579 g/mol. The SMILES string of the molecule is CC(=O)OCC1OC(Sc2ccc(Cl)c(Cl)c2)C(OC(C)=O)C(n2cc(-c3nccs3)nn2)C1OC(C)=O. The summed E-state index contributed by atoms with van der Waals surface area (Å²) in [4.78, 5) is 41.0. The van der Waals surface area contributed by atoms with Crippen LogP contribution in [0.4, 0.5) is 0 Å². The van der Waals surface area contributed by atoms with Gasteiger partial charge in [-0.2, -0.15) is 0 Å². The Labute approximate surface area is 235 Å². The minimum atomic E-state index is -1.06. The Morgan fingerprint density at radius 1 is 1.08 bits per heavy atom. The predicted octanol–water partition coefficient (Wildman–Crippen LogP) is 4.19. The number of esters is 3. The lowest BCUT2D eigenvalue weighted by atomic mass is 9.96. The molecule has 0 bridgehead atoms. The molecule has 3 aromatic rings. The van der Waals surface area contributed by atoms with Gasteiger partial charge in [0, 0.05) is 37.2 Å². The van der Waals surface area contributed by atoms with Crippen LogP contribution in [-0.2, 0) is 33.3 Å². The number of benzene rings is 1. The lowest BCUT2D eigenvalue weighted by molar-refractivity contribution is -0.212. The summed E-state index contributed by atoms with van der Waals surface area (Å²) in [7, 11) is 0. The first-order chi connectivity index (χ1) is 18.1. The van der Waals surface area contributed by atoms with E-state index in [1.807, 2.05) is 0 Å². The molecule has 0 radical (unpaired) electrons. The van der Waals surface area contributed by atoms with Crippen LogP contribution < -0.4 is 0 Å². The topological polar surface area (TPSA) is 132 Å². The molecule has 0 amide bonds. The number of hydrogen-bond donors (Lipinski definition) is 0. The summed E-state index contributed by atoms with van der Waals surface area (Å²) in [5.74, 6) is -1.76. The van der Waals surface area contributed by atoms with E-state index in [4.69, 9.17) is 42.1 Å². The summed E-state index contributed by atoms with van der Waals surface area (Å²) in [6.45, 7) is 3.51. The van der Waals surface area contributed by atoms with Gasteiger partial charge >= 0.3 is 17.9 Å². The molecule has 11 nitrogen and oxygen atoms in total. The Morgan fingerprint density at radius 3 is 2.45 bits per heavy atom. The normalized spacial score (nSPS) is 23.0. The molecule has 1 aliphatic rings. The molecule has 1 fully saturated rings. The highest BCUT2D eigenvalue weighted by atomic mass is 35.5. The van der Waals surface area contributed by atoms with Crippen LogP contribution in [0, 0.1) is 0 Å². The Bertz CT molecular complexity index is 1310. The van der Waals surface area contributed by atoms with Crippen LogP contribution in [0.25, 0.3) is 10.7 Å². The fourth-order valence-corrected chi connectivity index (χ4v) is 5.93. The van der Waals surface area contributed by atoms with Gasteiger partial charge in [-0.05, 0) is 18.2 Å². The smallest absolute Gasteiger partial charge is 0.303 e. The second kappa shape index (κ2) is 12.4. The molecule has 1 aromatic carbocycles. The van der Waals surface area contributed by atoms with Crippen LogP contribution in [0.1, 0.15) is 26.8 Å². The third kappa shape index (κ3) is 6.83. The maximum absolute atomic E-state index is 12.2. The first-order valence-electron chi connectivity index (χ1n) is 11.2. The minimum Gasteiger partial charge on any atom is -0.463 e. The van der Waals surface area contributed by atoms with Gasteiger partial charge < -0.3 is 18.9 Å². The van der Waals surface area contributed by atoms with Crippen LogP contribution in [0.5, 0.6) is 0 Å². The predicted molar refractivity (Wildman–Crippen MR) is 139 cm³/mol. The Hall–Kier alpha value is -2.71. The third-order valence-corrected chi connectivity index (χ3v) is 7.95. The minimum absolute atomic E-state index is 0.233. The highest BCUT2D eigenvalue weighted by Crippen LogP contribution is 2.42. The average Bonchev–Trinajstić information content (AvgIpc) is 3.54. The molecule has 5 unspecified atom stereocenters. The molecule has 3 heterocycles. The molecule has 2 aromatic heterocycles. The first kappa shape index (κ1) is 28.3. The van der Waals surface area contributed by atoms with Gasteiger partial charge in [0.05, 0.1) is 16.2 Å². The van der Waals surface area contributed by atoms with E-state index < -0.39 is 47.7 Å². The van der Waals surface area contributed by atoms with Crippen molar-refractivity contribution in [2.75, 3.05) is 6.61 Å². The molecule has 15 heteroatoms. The van der Waals surface area contributed by atoms with Crippen LogP contribution in [0.2, 0.25) is 10.0 Å². The summed E-state index contributed by atoms with van der Waals surface area (Å²) < 4.78 is 24.3. The van der Waals surface area contributed by atoms with Crippen LogP contribution in [0.3, 0.4) is 0 Å². The zero-order valence-electron chi connectivity index (χ0n) is 20.3. The molecule has 1 saturated heterocycles. The van der Waals surface area contributed by atoms with Gasteiger partial charge in [0.15, 0.2) is 12.2 Å². The van der Waals surface area contributed by atoms with Gasteiger partial charge in [-0.25, -0.2) is 9.67 Å². The number of hydrogen-bond acceptors (Lipinski definition) is 12. The summed E-state index contributed by atoms with van der Waals surface area (Å²) >= 11 is 14.8. The molecule has 0 aliphatic carbocycles. The molecule has 0 spiro atoms. The molecule has 0 saturated carbocycles. The largest absolute Gasteiger partial charge is 0.463 e. The zero-order chi connectivity index (χ0) is 27.4. The number of nitrogens with zero attached hydrogens (tertiary/aromatic N) is 4. The van der Waals surface area contributed by atoms with Crippen LogP contribution in [0.15, 0.2) is 40.9 Å². The highest BCUT2D eigenvalue weighted by molar-refractivity contribution is 7.99. The van der Waals surface area contributed by atoms with Gasteiger partial charge in [0.1, 0.15) is 34.9 Å². The van der Waals surface area contributed by atoms with Gasteiger partial charge in [-0.1, -0.05) is 40.2 Å². The van der Waals surface area contributed by atoms with E-state index >= 15 is 0 Å². The molecule has 0 N–H and O–H groups in total. The standard InChI is InChI=1S/C23H22Cl2N4O7S2/c1-11(30)33-10-18-20(34-12(2)31)19(29-9-17(27-28-29)22-26-6-7-37-22)21(35-13(3)32)23(36-18)38-14-4-5-15(24)16(25)8-14/h4-9,18-21,23H,10H2,1-3H3. The lowest BCUT2D eigenvalue weighted by Crippen LogP contribution is -2.57. The fourth-order valence-electron chi connectivity index (χ4n) is 3.83. The van der Waals surface area contributed by atoms with Crippen molar-refractivity contribution in [1.82, 2.24) is 20.0 Å². The second-order valence-electron chi connectivity index (χ2n) is 8.10. The lowest BCUT2D eigenvalue weighted by Gasteiger charge is -2.44. The molecule has 4 rings (SSSR count). The van der Waals surface area contributed by atoms with Gasteiger partial charge in [-0.3, -0.25) is 14.4 Å². The van der Waals surface area contributed by atoms with Crippen molar-refractivity contribution >= 4 is 64.2 Å². The van der Waals surface area contributed by atoms with Crippen molar-refractivity contribution < 1.29 is 33.3 Å². The molecular formula is C23H22Cl2N4O7S2. The zero-order valence-corrected chi connectivity index (χ0v) is 23.4. The van der Waals surface area contributed by atoms with E-state index in [-0.39, 0.29) is 6.61 Å². The Morgan fingerprint density at radius 2 is 1.82 bits per heavy atom. The Kier molecular flexibility index (Phi) is 9.26. The van der Waals surface area contributed by atoms with E-state index in [1.54, 1.807) is 36.0 Å². The molecule has 5 atom stereocenters. The van der Waals surface area contributed by atoms with Gasteiger partial charge in [-0.15, -0.1) is 16.4 Å². The van der Waals surface area contributed by atoms with Crippen molar-refractivity contribution in [1.29, 1.82) is 0 Å². The van der Waals surface area contributed by atoms with E-state index in [0.717, 1.165) is 0 Å². The average molecular weight is 601 g/mol. The molecule has 1 aliphatic heterocycles. The van der Waals surface area contributed by atoms with Gasteiger partial charge in [0.2, 0.25) is 0 Å². The number of thioether (sulfide) groups is 1. The molecule has 38 heavy (non-hydrogen) atoms. The number of thiazole rings is 1. The van der Waals surface area contributed by atoms with Crippen molar-refractivity contribution in [3.63, 3.8) is 0 Å². The van der Waals surface area contributed by atoms with Crippen LogP contribution >= 0.6 is 46.3 Å². The molecule has 202 valence electrons. The number of halogens is 2. The van der Waals surface area contributed by atoms with E-state index in [1.165, 1.54) is 48.6 Å². The number of rotatable bonds is 8. The van der Waals surface area contributed by atoms with Crippen molar-refractivity contribution in [3.05, 3.63) is 46.0 Å². The Balaban J connectivity index is 1.78. The monoisotopic (exact) mass is 600 g/mol. The van der Waals surface area contributed by atoms with Crippen LogP contribution in [-0.4, -0.2) is 68.2 Å². The summed E-state index contributed by atoms with van der Waals surface area (Å²) in [6.07, 6.45) is 0.234. The van der Waals surface area contributed by atoms with Crippen molar-refractivity contribution in [2.24, 2.45) is 0 Å². The third-order valence-electron chi connectivity index (χ3n) is 5.28. The van der Waals surface area contributed by atoms with Crippen molar-refractivity contribution in [3.8, 4) is 10.7 Å². The van der Waals surface area contributed by atoms with E-state index in [9.17, 15) is 14.4 Å². The van der Waals surface area contributed by atoms with Crippen molar-refractivity contribution in [2.45, 2.75) is 55.5 Å². The maximum Gasteiger partial charge on any atom is 0.303 e. The number of ether oxygens (including phenoxy) is 4. The number of carbonyl (C=O) groups excluding carboxylic acids is 3.